The molecule has 0 radical (unpaired) electrons. The third kappa shape index (κ3) is 3.44. The molecule has 21 heavy (non-hydrogen) atoms. The van der Waals surface area contributed by atoms with E-state index < -0.39 is 10.0 Å². The SMILES string of the molecule is CCn1cc(S(=O)(=O)N2CCC(N(C)C)CC2)cc1CCl. The summed E-state index contributed by atoms with van der Waals surface area (Å²) >= 11 is 5.88. The Morgan fingerprint density at radius 1 is 1.33 bits per heavy atom. The molecular weight excluding hydrogens is 310 g/mol. The maximum Gasteiger partial charge on any atom is 0.244 e. The van der Waals surface area contributed by atoms with Crippen LogP contribution in [0.25, 0.3) is 0 Å². The summed E-state index contributed by atoms with van der Waals surface area (Å²) in [6, 6.07) is 2.17. The van der Waals surface area contributed by atoms with Gasteiger partial charge in [0.05, 0.1) is 5.88 Å². The fourth-order valence-electron chi connectivity index (χ4n) is 2.82. The predicted molar refractivity (Wildman–Crippen MR) is 85.1 cm³/mol. The Morgan fingerprint density at radius 2 is 1.95 bits per heavy atom. The van der Waals surface area contributed by atoms with Crippen LogP contribution in [0, 0.1) is 0 Å². The molecule has 2 heterocycles. The summed E-state index contributed by atoms with van der Waals surface area (Å²) in [6.45, 7) is 3.87. The average molecular weight is 334 g/mol. The third-order valence-electron chi connectivity index (χ3n) is 4.23. The van der Waals surface area contributed by atoms with Crippen molar-refractivity contribution in [1.82, 2.24) is 13.8 Å². The molecule has 0 bridgehead atoms. The van der Waals surface area contributed by atoms with Crippen LogP contribution >= 0.6 is 11.6 Å². The highest BCUT2D eigenvalue weighted by Gasteiger charge is 2.31. The summed E-state index contributed by atoms with van der Waals surface area (Å²) in [7, 11) is 0.691. The smallest absolute Gasteiger partial charge is 0.244 e. The van der Waals surface area contributed by atoms with Crippen LogP contribution in [0.4, 0.5) is 0 Å². The van der Waals surface area contributed by atoms with Crippen molar-refractivity contribution in [2.24, 2.45) is 0 Å². The lowest BCUT2D eigenvalue weighted by atomic mass is 10.1. The van der Waals surface area contributed by atoms with Crippen molar-refractivity contribution in [1.29, 1.82) is 0 Å². The summed E-state index contributed by atoms with van der Waals surface area (Å²) in [5.74, 6) is 0.325. The molecule has 0 spiro atoms. The number of hydrogen-bond acceptors (Lipinski definition) is 3. The predicted octanol–water partition coefficient (Wildman–Crippen LogP) is 1.96. The highest BCUT2D eigenvalue weighted by atomic mass is 35.5. The van der Waals surface area contributed by atoms with Crippen LogP contribution < -0.4 is 0 Å². The maximum atomic E-state index is 12.7. The summed E-state index contributed by atoms with van der Waals surface area (Å²) in [5, 5.41) is 0. The van der Waals surface area contributed by atoms with Gasteiger partial charge in [0.2, 0.25) is 10.0 Å². The van der Waals surface area contributed by atoms with E-state index in [1.54, 1.807) is 16.6 Å². The molecule has 0 aromatic carbocycles. The summed E-state index contributed by atoms with van der Waals surface area (Å²) < 4.78 is 28.9. The van der Waals surface area contributed by atoms with Crippen molar-refractivity contribution in [3.8, 4) is 0 Å². The van der Waals surface area contributed by atoms with Crippen molar-refractivity contribution in [3.05, 3.63) is 18.0 Å². The molecule has 1 aliphatic rings. The number of rotatable bonds is 5. The molecule has 1 saturated heterocycles. The van der Waals surface area contributed by atoms with Gasteiger partial charge >= 0.3 is 0 Å². The van der Waals surface area contributed by atoms with Crippen LogP contribution in [0.5, 0.6) is 0 Å². The van der Waals surface area contributed by atoms with Crippen molar-refractivity contribution < 1.29 is 8.42 Å². The number of hydrogen-bond donors (Lipinski definition) is 0. The van der Waals surface area contributed by atoms with E-state index in [9.17, 15) is 8.42 Å². The van der Waals surface area contributed by atoms with Crippen LogP contribution in [0.15, 0.2) is 17.2 Å². The van der Waals surface area contributed by atoms with Gasteiger partial charge in [-0.15, -0.1) is 11.6 Å². The molecule has 1 aromatic rings. The topological polar surface area (TPSA) is 45.6 Å². The molecule has 120 valence electrons. The zero-order valence-electron chi connectivity index (χ0n) is 12.9. The van der Waals surface area contributed by atoms with E-state index >= 15 is 0 Å². The molecule has 0 unspecified atom stereocenters. The minimum Gasteiger partial charge on any atom is -0.349 e. The molecule has 1 aliphatic heterocycles. The van der Waals surface area contributed by atoms with Gasteiger partial charge in [0.1, 0.15) is 4.90 Å². The van der Waals surface area contributed by atoms with Gasteiger partial charge in [0, 0.05) is 37.6 Å². The first kappa shape index (κ1) is 16.8. The highest BCUT2D eigenvalue weighted by molar-refractivity contribution is 7.89. The molecule has 5 nitrogen and oxygen atoms in total. The van der Waals surface area contributed by atoms with Gasteiger partial charge in [-0.05, 0) is 39.9 Å². The molecule has 1 fully saturated rings. The number of aromatic nitrogens is 1. The van der Waals surface area contributed by atoms with E-state index in [1.807, 2.05) is 25.6 Å². The average Bonchev–Trinajstić information content (AvgIpc) is 2.91. The lowest BCUT2D eigenvalue weighted by Crippen LogP contribution is -2.44. The van der Waals surface area contributed by atoms with Crippen molar-refractivity contribution in [2.45, 2.75) is 43.1 Å². The second kappa shape index (κ2) is 6.69. The molecule has 0 atom stereocenters. The zero-order chi connectivity index (χ0) is 15.6. The molecule has 2 rings (SSSR count). The molecular formula is C14H24ClN3O2S. The Bertz CT molecular complexity index is 554. The Morgan fingerprint density at radius 3 is 2.38 bits per heavy atom. The van der Waals surface area contributed by atoms with E-state index in [1.165, 1.54) is 0 Å². The van der Waals surface area contributed by atoms with E-state index in [-0.39, 0.29) is 0 Å². The van der Waals surface area contributed by atoms with Crippen LogP contribution in [-0.4, -0.2) is 55.4 Å². The van der Waals surface area contributed by atoms with Gasteiger partial charge in [0.25, 0.3) is 0 Å². The van der Waals surface area contributed by atoms with Crippen molar-refractivity contribution in [3.63, 3.8) is 0 Å². The lowest BCUT2D eigenvalue weighted by molar-refractivity contribution is 0.196. The van der Waals surface area contributed by atoms with Crippen LogP contribution in [0.3, 0.4) is 0 Å². The second-order valence-electron chi connectivity index (χ2n) is 5.69. The summed E-state index contributed by atoms with van der Waals surface area (Å²) in [6.07, 6.45) is 3.46. The van der Waals surface area contributed by atoms with E-state index in [0.717, 1.165) is 25.1 Å². The number of alkyl halides is 1. The second-order valence-corrected chi connectivity index (χ2v) is 7.89. The first-order valence-electron chi connectivity index (χ1n) is 7.31. The Labute approximate surface area is 132 Å². The lowest BCUT2D eigenvalue weighted by Gasteiger charge is -2.34. The third-order valence-corrected chi connectivity index (χ3v) is 6.37. The standard InChI is InChI=1S/C14H24ClN3O2S/c1-4-17-11-14(9-13(17)10-15)21(19,20)18-7-5-12(6-8-18)16(2)3/h9,11-12H,4-8,10H2,1-3H3. The maximum absolute atomic E-state index is 12.7. The monoisotopic (exact) mass is 333 g/mol. The largest absolute Gasteiger partial charge is 0.349 e. The Kier molecular flexibility index (Phi) is 5.35. The normalized spacial score (nSPS) is 18.5. The molecule has 0 aliphatic carbocycles. The molecule has 7 heteroatoms. The van der Waals surface area contributed by atoms with Crippen LogP contribution in [0.2, 0.25) is 0 Å². The fraction of sp³-hybridized carbons (Fsp3) is 0.714. The van der Waals surface area contributed by atoms with Gasteiger partial charge in [-0.3, -0.25) is 0 Å². The number of nitrogens with zero attached hydrogens (tertiary/aromatic N) is 3. The van der Waals surface area contributed by atoms with Gasteiger partial charge < -0.3 is 9.47 Å². The number of sulfonamides is 1. The quantitative estimate of drug-likeness (QED) is 0.774. The zero-order valence-corrected chi connectivity index (χ0v) is 14.5. The van der Waals surface area contributed by atoms with Crippen LogP contribution in [0.1, 0.15) is 25.5 Å². The van der Waals surface area contributed by atoms with E-state index in [4.69, 9.17) is 11.6 Å². The minimum absolute atomic E-state index is 0.325. The van der Waals surface area contributed by atoms with Crippen LogP contribution in [-0.2, 0) is 22.4 Å². The molecule has 1 aromatic heterocycles. The Balaban J connectivity index is 2.17. The minimum atomic E-state index is -3.40. The fourth-order valence-corrected chi connectivity index (χ4v) is 4.59. The van der Waals surface area contributed by atoms with Gasteiger partial charge in [0.15, 0.2) is 0 Å². The summed E-state index contributed by atoms with van der Waals surface area (Å²) in [4.78, 5) is 2.53. The van der Waals surface area contributed by atoms with Gasteiger partial charge in [-0.1, -0.05) is 0 Å². The van der Waals surface area contributed by atoms with E-state index in [0.29, 0.717) is 29.9 Å². The first-order valence-corrected chi connectivity index (χ1v) is 9.29. The Hall–Kier alpha value is -0.560. The van der Waals surface area contributed by atoms with Gasteiger partial charge in [-0.25, -0.2) is 8.42 Å². The molecule has 0 amide bonds. The number of halogens is 1. The van der Waals surface area contributed by atoms with Gasteiger partial charge in [-0.2, -0.15) is 4.31 Å². The van der Waals surface area contributed by atoms with E-state index in [2.05, 4.69) is 4.90 Å². The number of piperidine rings is 1. The molecule has 0 N–H and O–H groups in total. The first-order chi connectivity index (χ1) is 9.90. The molecule has 0 saturated carbocycles. The number of aryl methyl sites for hydroxylation is 1. The summed E-state index contributed by atoms with van der Waals surface area (Å²) in [5.41, 5.74) is 0.848. The van der Waals surface area contributed by atoms with Crippen molar-refractivity contribution in [2.75, 3.05) is 27.2 Å². The van der Waals surface area contributed by atoms with Crippen molar-refractivity contribution >= 4 is 21.6 Å². The highest BCUT2D eigenvalue weighted by Crippen LogP contribution is 2.24.